The Labute approximate surface area is 124 Å². The number of amides is 1. The molecule has 0 aliphatic carbocycles. The summed E-state index contributed by atoms with van der Waals surface area (Å²) in [6, 6.07) is 1.98. The maximum atomic E-state index is 13.8. The number of rotatable bonds is 5. The van der Waals surface area contributed by atoms with E-state index in [4.69, 9.17) is 0 Å². The van der Waals surface area contributed by atoms with E-state index in [1.165, 1.54) is 0 Å². The molecule has 112 valence electrons. The van der Waals surface area contributed by atoms with E-state index < -0.39 is 17.5 Å². The summed E-state index contributed by atoms with van der Waals surface area (Å²) in [5.74, 6) is -1.72. The molecule has 1 amide bonds. The van der Waals surface area contributed by atoms with Gasteiger partial charge in [-0.2, -0.15) is 4.37 Å². The van der Waals surface area contributed by atoms with Gasteiger partial charge in [-0.15, -0.1) is 0 Å². The molecule has 8 heteroatoms. The number of hydrogen-bond acceptors (Lipinski definition) is 5. The van der Waals surface area contributed by atoms with Gasteiger partial charge in [0.25, 0.3) is 5.91 Å². The third kappa shape index (κ3) is 3.72. The average Bonchev–Trinajstić information content (AvgIpc) is 2.83. The zero-order valence-electron chi connectivity index (χ0n) is 11.5. The number of hydrogen-bond donors (Lipinski definition) is 2. The molecule has 5 nitrogen and oxygen atoms in total. The largest absolute Gasteiger partial charge is 0.380 e. The van der Waals surface area contributed by atoms with Crippen LogP contribution in [0.1, 0.15) is 29.5 Å². The van der Waals surface area contributed by atoms with Gasteiger partial charge in [-0.25, -0.2) is 13.8 Å². The van der Waals surface area contributed by atoms with Crippen LogP contribution in [0.4, 0.5) is 19.6 Å². The first-order valence-corrected chi connectivity index (χ1v) is 7.13. The van der Waals surface area contributed by atoms with Gasteiger partial charge in [-0.1, -0.05) is 6.92 Å². The van der Waals surface area contributed by atoms with E-state index in [1.807, 2.05) is 6.92 Å². The molecule has 0 unspecified atom stereocenters. The third-order valence-electron chi connectivity index (χ3n) is 2.60. The van der Waals surface area contributed by atoms with Crippen molar-refractivity contribution in [3.8, 4) is 0 Å². The molecular formula is C13H14F2N4OS. The van der Waals surface area contributed by atoms with Crippen molar-refractivity contribution in [3.63, 3.8) is 0 Å². The number of carbonyl (C=O) groups is 1. The summed E-state index contributed by atoms with van der Waals surface area (Å²) >= 11 is 1.00. The summed E-state index contributed by atoms with van der Waals surface area (Å²) in [5.41, 5.74) is -0.333. The Balaban J connectivity index is 2.18. The van der Waals surface area contributed by atoms with Crippen LogP contribution >= 0.6 is 11.5 Å². The number of anilines is 2. The van der Waals surface area contributed by atoms with Crippen LogP contribution in [0.15, 0.2) is 12.1 Å². The summed E-state index contributed by atoms with van der Waals surface area (Å²) in [7, 11) is 0. The molecule has 1 aromatic heterocycles. The Bertz CT molecular complexity index is 636. The van der Waals surface area contributed by atoms with E-state index in [9.17, 15) is 13.6 Å². The fourth-order valence-electron chi connectivity index (χ4n) is 1.64. The predicted molar refractivity (Wildman–Crippen MR) is 77.7 cm³/mol. The highest BCUT2D eigenvalue weighted by Gasteiger charge is 2.16. The number of halogens is 2. The Kier molecular flexibility index (Phi) is 4.79. The van der Waals surface area contributed by atoms with E-state index in [2.05, 4.69) is 20.0 Å². The van der Waals surface area contributed by atoms with E-state index in [1.54, 1.807) is 6.92 Å². The van der Waals surface area contributed by atoms with Gasteiger partial charge in [-0.3, -0.25) is 10.1 Å². The number of aromatic nitrogens is 2. The second-order valence-electron chi connectivity index (χ2n) is 4.34. The molecule has 0 saturated carbocycles. The second-order valence-corrected chi connectivity index (χ2v) is 5.09. The van der Waals surface area contributed by atoms with Crippen LogP contribution in [0.2, 0.25) is 0 Å². The standard InChI is InChI=1S/C13H14F2N4OS/c1-3-4-16-11-9(14)5-8(6-10(11)15)12(20)18-13-17-7(2)19-21-13/h5-6,16H,3-4H2,1-2H3,(H,17,18,19,20). The SMILES string of the molecule is CCCNc1c(F)cc(C(=O)Nc2nc(C)ns2)cc1F. The van der Waals surface area contributed by atoms with Crippen LogP contribution in [0.25, 0.3) is 0 Å². The third-order valence-corrected chi connectivity index (χ3v) is 3.33. The summed E-state index contributed by atoms with van der Waals surface area (Å²) in [5, 5.41) is 5.38. The molecule has 1 heterocycles. The molecule has 21 heavy (non-hydrogen) atoms. The lowest BCUT2D eigenvalue weighted by Crippen LogP contribution is -2.14. The highest BCUT2D eigenvalue weighted by atomic mass is 32.1. The molecule has 2 aromatic rings. The van der Waals surface area contributed by atoms with Crippen LogP contribution in [0.3, 0.4) is 0 Å². The number of nitrogens with one attached hydrogen (secondary N) is 2. The number of benzene rings is 1. The minimum atomic E-state index is -0.804. The Morgan fingerprint density at radius 3 is 2.52 bits per heavy atom. The molecule has 0 bridgehead atoms. The number of aryl methyl sites for hydroxylation is 1. The summed E-state index contributed by atoms with van der Waals surface area (Å²) < 4.78 is 31.6. The molecule has 0 aliphatic heterocycles. The lowest BCUT2D eigenvalue weighted by Gasteiger charge is -2.09. The molecule has 0 radical (unpaired) electrons. The van der Waals surface area contributed by atoms with Crippen molar-refractivity contribution < 1.29 is 13.6 Å². The monoisotopic (exact) mass is 312 g/mol. The van der Waals surface area contributed by atoms with Crippen LogP contribution in [-0.2, 0) is 0 Å². The molecule has 0 aliphatic rings. The van der Waals surface area contributed by atoms with E-state index in [0.29, 0.717) is 12.4 Å². The number of nitrogens with zero attached hydrogens (tertiary/aromatic N) is 2. The molecular weight excluding hydrogens is 298 g/mol. The molecule has 2 rings (SSSR count). The van der Waals surface area contributed by atoms with Crippen LogP contribution in [0.5, 0.6) is 0 Å². The van der Waals surface area contributed by atoms with Crippen molar-refractivity contribution in [2.45, 2.75) is 20.3 Å². The van der Waals surface area contributed by atoms with Gasteiger partial charge < -0.3 is 5.32 Å². The van der Waals surface area contributed by atoms with Crippen molar-refractivity contribution in [2.24, 2.45) is 0 Å². The van der Waals surface area contributed by atoms with Crippen molar-refractivity contribution in [2.75, 3.05) is 17.2 Å². The minimum Gasteiger partial charge on any atom is -0.380 e. The van der Waals surface area contributed by atoms with Gasteiger partial charge in [0.1, 0.15) is 23.1 Å². The minimum absolute atomic E-state index is 0.111. The van der Waals surface area contributed by atoms with Crippen LogP contribution in [-0.4, -0.2) is 21.8 Å². The Hall–Kier alpha value is -2.09. The van der Waals surface area contributed by atoms with E-state index in [0.717, 1.165) is 30.1 Å². The van der Waals surface area contributed by atoms with Gasteiger partial charge in [0.15, 0.2) is 0 Å². The van der Waals surface area contributed by atoms with E-state index >= 15 is 0 Å². The zero-order chi connectivity index (χ0) is 15.4. The van der Waals surface area contributed by atoms with Gasteiger partial charge in [-0.05, 0) is 25.5 Å². The first kappa shape index (κ1) is 15.3. The maximum absolute atomic E-state index is 13.8. The lowest BCUT2D eigenvalue weighted by atomic mass is 10.1. The lowest BCUT2D eigenvalue weighted by molar-refractivity contribution is 0.102. The first-order valence-electron chi connectivity index (χ1n) is 6.35. The van der Waals surface area contributed by atoms with Crippen molar-refractivity contribution in [1.82, 2.24) is 9.36 Å². The normalized spacial score (nSPS) is 10.5. The van der Waals surface area contributed by atoms with Gasteiger partial charge in [0.05, 0.1) is 0 Å². The molecule has 0 atom stereocenters. The van der Waals surface area contributed by atoms with Crippen molar-refractivity contribution in [1.29, 1.82) is 0 Å². The first-order chi connectivity index (χ1) is 10.0. The fourth-order valence-corrected chi connectivity index (χ4v) is 2.21. The quantitative estimate of drug-likeness (QED) is 0.890. The Morgan fingerprint density at radius 1 is 1.33 bits per heavy atom. The topological polar surface area (TPSA) is 66.9 Å². The van der Waals surface area contributed by atoms with Crippen molar-refractivity contribution >= 4 is 28.3 Å². The summed E-state index contributed by atoms with van der Waals surface area (Å²) in [6.45, 7) is 4.01. The predicted octanol–water partition coefficient (Wildman–Crippen LogP) is 3.20. The number of carbonyl (C=O) groups excluding carboxylic acids is 1. The summed E-state index contributed by atoms with van der Waals surface area (Å²) in [4.78, 5) is 15.9. The molecule has 0 fully saturated rings. The van der Waals surface area contributed by atoms with Crippen LogP contribution in [0, 0.1) is 18.6 Å². The summed E-state index contributed by atoms with van der Waals surface area (Å²) in [6.07, 6.45) is 0.734. The second kappa shape index (κ2) is 6.57. The van der Waals surface area contributed by atoms with Gasteiger partial charge >= 0.3 is 0 Å². The molecule has 2 N–H and O–H groups in total. The highest BCUT2D eigenvalue weighted by Crippen LogP contribution is 2.22. The molecule has 0 saturated heterocycles. The average molecular weight is 312 g/mol. The van der Waals surface area contributed by atoms with Gasteiger partial charge in [0, 0.05) is 23.6 Å². The smallest absolute Gasteiger partial charge is 0.257 e. The van der Waals surface area contributed by atoms with Gasteiger partial charge in [0.2, 0.25) is 5.13 Å². The maximum Gasteiger partial charge on any atom is 0.257 e. The van der Waals surface area contributed by atoms with Crippen LogP contribution < -0.4 is 10.6 Å². The van der Waals surface area contributed by atoms with Crippen molar-refractivity contribution in [3.05, 3.63) is 35.2 Å². The highest BCUT2D eigenvalue weighted by molar-refractivity contribution is 7.09. The van der Waals surface area contributed by atoms with E-state index in [-0.39, 0.29) is 16.4 Å². The fraction of sp³-hybridized carbons (Fsp3) is 0.308. The zero-order valence-corrected chi connectivity index (χ0v) is 12.4. The Morgan fingerprint density at radius 2 is 2.00 bits per heavy atom. The molecule has 1 aromatic carbocycles. The molecule has 0 spiro atoms.